The number of hydrogen-bond acceptors (Lipinski definition) is 4. The van der Waals surface area contributed by atoms with E-state index in [1.54, 1.807) is 11.3 Å². The molecule has 90 valence electrons. The van der Waals surface area contributed by atoms with Crippen molar-refractivity contribution in [2.45, 2.75) is 20.4 Å². The lowest BCUT2D eigenvalue weighted by molar-refractivity contribution is 0.259. The fourth-order valence-corrected chi connectivity index (χ4v) is 2.25. The van der Waals surface area contributed by atoms with Crippen LogP contribution in [0.25, 0.3) is 0 Å². The Labute approximate surface area is 100 Å². The summed E-state index contributed by atoms with van der Waals surface area (Å²) in [5.41, 5.74) is 5.57. The van der Waals surface area contributed by atoms with Gasteiger partial charge in [0.2, 0.25) is 0 Å². The lowest BCUT2D eigenvalue weighted by Gasteiger charge is -2.22. The Balaban J connectivity index is 2.49. The second-order valence-electron chi connectivity index (χ2n) is 3.83. The minimum absolute atomic E-state index is 0.0740. The summed E-state index contributed by atoms with van der Waals surface area (Å²) in [4.78, 5) is 3.63. The van der Waals surface area contributed by atoms with Crippen LogP contribution in [0.3, 0.4) is 0 Å². The summed E-state index contributed by atoms with van der Waals surface area (Å²) in [5, 5.41) is 13.7. The standard InChI is InChI=1S/C11H19N3OS/c1-3-14(7-9(2)11(12)13-15)8-10-5-4-6-16-10/h4-6,9,15H,3,7-8H2,1-2H3,(H2,12,13). The summed E-state index contributed by atoms with van der Waals surface area (Å²) >= 11 is 1.76. The number of rotatable bonds is 6. The van der Waals surface area contributed by atoms with Crippen molar-refractivity contribution >= 4 is 17.2 Å². The molecule has 1 aromatic rings. The third-order valence-electron chi connectivity index (χ3n) is 2.56. The van der Waals surface area contributed by atoms with Crippen LogP contribution < -0.4 is 5.73 Å². The summed E-state index contributed by atoms with van der Waals surface area (Å²) in [7, 11) is 0. The monoisotopic (exact) mass is 241 g/mol. The molecular weight excluding hydrogens is 222 g/mol. The van der Waals surface area contributed by atoms with Crippen LogP contribution in [0.15, 0.2) is 22.7 Å². The average molecular weight is 241 g/mol. The predicted octanol–water partition coefficient (Wildman–Crippen LogP) is 1.95. The minimum atomic E-state index is 0.0740. The summed E-state index contributed by atoms with van der Waals surface area (Å²) < 4.78 is 0. The molecule has 1 heterocycles. The largest absolute Gasteiger partial charge is 0.409 e. The van der Waals surface area contributed by atoms with Gasteiger partial charge >= 0.3 is 0 Å². The first-order chi connectivity index (χ1) is 7.67. The highest BCUT2D eigenvalue weighted by Gasteiger charge is 2.13. The van der Waals surface area contributed by atoms with Gasteiger partial charge in [0.15, 0.2) is 0 Å². The first-order valence-electron chi connectivity index (χ1n) is 5.39. The van der Waals surface area contributed by atoms with Gasteiger partial charge in [-0.3, -0.25) is 4.90 Å². The molecule has 0 fully saturated rings. The van der Waals surface area contributed by atoms with Gasteiger partial charge in [-0.05, 0) is 18.0 Å². The van der Waals surface area contributed by atoms with Crippen LogP contribution in [0, 0.1) is 5.92 Å². The van der Waals surface area contributed by atoms with Crippen LogP contribution >= 0.6 is 11.3 Å². The maximum Gasteiger partial charge on any atom is 0.143 e. The van der Waals surface area contributed by atoms with E-state index >= 15 is 0 Å². The third-order valence-corrected chi connectivity index (χ3v) is 3.42. The van der Waals surface area contributed by atoms with Gasteiger partial charge in [-0.25, -0.2) is 0 Å². The van der Waals surface area contributed by atoms with Crippen LogP contribution in [0.1, 0.15) is 18.7 Å². The van der Waals surface area contributed by atoms with E-state index in [1.165, 1.54) is 4.88 Å². The van der Waals surface area contributed by atoms with Gasteiger partial charge in [0.25, 0.3) is 0 Å². The van der Waals surface area contributed by atoms with Crippen molar-refractivity contribution < 1.29 is 5.21 Å². The minimum Gasteiger partial charge on any atom is -0.409 e. The van der Waals surface area contributed by atoms with Gasteiger partial charge in [-0.2, -0.15) is 0 Å². The first-order valence-corrected chi connectivity index (χ1v) is 6.27. The topological polar surface area (TPSA) is 61.8 Å². The molecule has 0 spiro atoms. The Morgan fingerprint density at radius 1 is 1.69 bits per heavy atom. The number of hydrogen-bond donors (Lipinski definition) is 2. The predicted molar refractivity (Wildman–Crippen MR) is 67.8 cm³/mol. The maximum atomic E-state index is 8.59. The lowest BCUT2D eigenvalue weighted by Crippen LogP contribution is -2.34. The molecule has 0 aliphatic heterocycles. The van der Waals surface area contributed by atoms with E-state index in [-0.39, 0.29) is 5.92 Å². The molecule has 0 bridgehead atoms. The molecule has 0 aliphatic carbocycles. The zero-order valence-corrected chi connectivity index (χ0v) is 10.6. The van der Waals surface area contributed by atoms with E-state index in [2.05, 4.69) is 34.5 Å². The second-order valence-corrected chi connectivity index (χ2v) is 4.87. The van der Waals surface area contributed by atoms with Gasteiger partial charge < -0.3 is 10.9 Å². The summed E-state index contributed by atoms with van der Waals surface area (Å²) in [6, 6.07) is 4.18. The molecule has 1 aromatic heterocycles. The molecule has 5 heteroatoms. The lowest BCUT2D eigenvalue weighted by atomic mass is 10.1. The molecule has 1 rings (SSSR count). The van der Waals surface area contributed by atoms with Crippen molar-refractivity contribution in [1.82, 2.24) is 4.90 Å². The highest BCUT2D eigenvalue weighted by molar-refractivity contribution is 7.09. The molecule has 0 amide bonds. The molecule has 0 saturated carbocycles. The van der Waals surface area contributed by atoms with Crippen molar-refractivity contribution in [2.75, 3.05) is 13.1 Å². The Kier molecular flexibility index (Phi) is 5.28. The van der Waals surface area contributed by atoms with E-state index < -0.39 is 0 Å². The van der Waals surface area contributed by atoms with Crippen LogP contribution in [-0.2, 0) is 6.54 Å². The van der Waals surface area contributed by atoms with E-state index in [9.17, 15) is 0 Å². The van der Waals surface area contributed by atoms with Crippen molar-refractivity contribution in [1.29, 1.82) is 0 Å². The SMILES string of the molecule is CCN(Cc1cccs1)CC(C)/C(N)=N/O. The first kappa shape index (κ1) is 13.0. The van der Waals surface area contributed by atoms with E-state index in [4.69, 9.17) is 10.9 Å². The molecule has 0 radical (unpaired) electrons. The van der Waals surface area contributed by atoms with Crippen molar-refractivity contribution in [3.05, 3.63) is 22.4 Å². The van der Waals surface area contributed by atoms with Crippen LogP contribution in [0.2, 0.25) is 0 Å². The normalized spacial score (nSPS) is 14.3. The zero-order chi connectivity index (χ0) is 12.0. The van der Waals surface area contributed by atoms with Gasteiger partial charge in [0, 0.05) is 23.9 Å². The van der Waals surface area contributed by atoms with Crippen molar-refractivity contribution in [3.8, 4) is 0 Å². The van der Waals surface area contributed by atoms with Gasteiger partial charge in [0.05, 0.1) is 0 Å². The maximum absolute atomic E-state index is 8.59. The summed E-state index contributed by atoms with van der Waals surface area (Å²) in [6.07, 6.45) is 0. The molecule has 16 heavy (non-hydrogen) atoms. The molecule has 0 aliphatic rings. The molecule has 0 saturated heterocycles. The molecule has 1 unspecified atom stereocenters. The molecule has 1 atom stereocenters. The third kappa shape index (κ3) is 3.83. The fraction of sp³-hybridized carbons (Fsp3) is 0.545. The molecule has 0 aromatic carbocycles. The van der Waals surface area contributed by atoms with Crippen molar-refractivity contribution in [2.24, 2.45) is 16.8 Å². The fourth-order valence-electron chi connectivity index (χ4n) is 1.51. The number of nitrogens with zero attached hydrogens (tertiary/aromatic N) is 2. The Morgan fingerprint density at radius 3 is 2.94 bits per heavy atom. The van der Waals surface area contributed by atoms with Crippen LogP contribution in [-0.4, -0.2) is 29.0 Å². The highest BCUT2D eigenvalue weighted by atomic mass is 32.1. The summed E-state index contributed by atoms with van der Waals surface area (Å²) in [6.45, 7) is 6.78. The smallest absolute Gasteiger partial charge is 0.143 e. The van der Waals surface area contributed by atoms with Gasteiger partial charge in [-0.1, -0.05) is 25.1 Å². The average Bonchev–Trinajstić information content (AvgIpc) is 2.79. The molecule has 3 N–H and O–H groups in total. The second kappa shape index (κ2) is 6.50. The van der Waals surface area contributed by atoms with E-state index in [0.717, 1.165) is 19.6 Å². The number of nitrogens with two attached hydrogens (primary N) is 1. The highest BCUT2D eigenvalue weighted by Crippen LogP contribution is 2.12. The van der Waals surface area contributed by atoms with E-state index in [1.807, 2.05) is 6.92 Å². The summed E-state index contributed by atoms with van der Waals surface area (Å²) in [5.74, 6) is 0.370. The Hall–Kier alpha value is -1.07. The number of oxime groups is 1. The Bertz CT molecular complexity index is 324. The van der Waals surface area contributed by atoms with Gasteiger partial charge in [0.1, 0.15) is 5.84 Å². The zero-order valence-electron chi connectivity index (χ0n) is 9.76. The molecule has 4 nitrogen and oxygen atoms in total. The quantitative estimate of drug-likeness (QED) is 0.346. The Morgan fingerprint density at radius 2 is 2.44 bits per heavy atom. The van der Waals surface area contributed by atoms with Crippen LogP contribution in [0.5, 0.6) is 0 Å². The van der Waals surface area contributed by atoms with E-state index in [0.29, 0.717) is 5.84 Å². The van der Waals surface area contributed by atoms with Crippen LogP contribution in [0.4, 0.5) is 0 Å². The van der Waals surface area contributed by atoms with Gasteiger partial charge in [-0.15, -0.1) is 11.3 Å². The number of thiophene rings is 1. The molecular formula is C11H19N3OS. The number of amidine groups is 1. The van der Waals surface area contributed by atoms with Crippen molar-refractivity contribution in [3.63, 3.8) is 0 Å².